The Labute approximate surface area is 189 Å². The van der Waals surface area contributed by atoms with Crippen molar-refractivity contribution in [3.63, 3.8) is 0 Å². The molecule has 32 heavy (non-hydrogen) atoms. The molecular formula is C25H29N3O3S. The second-order valence-corrected chi connectivity index (χ2v) is 10.0. The molecule has 3 aromatic carbocycles. The molecule has 7 heteroatoms. The minimum Gasteiger partial charge on any atom is -0.345 e. The Morgan fingerprint density at radius 1 is 0.969 bits per heavy atom. The number of fused-ring (bicyclic) bond motifs is 1. The predicted molar refractivity (Wildman–Crippen MR) is 129 cm³/mol. The molecule has 1 aliphatic heterocycles. The van der Waals surface area contributed by atoms with Crippen molar-refractivity contribution in [3.05, 3.63) is 77.4 Å². The van der Waals surface area contributed by atoms with Crippen LogP contribution in [0.25, 0.3) is 10.8 Å². The highest BCUT2D eigenvalue weighted by atomic mass is 32.2. The maximum Gasteiger partial charge on any atom is 0.301 e. The van der Waals surface area contributed by atoms with Crippen molar-refractivity contribution in [3.8, 4) is 0 Å². The van der Waals surface area contributed by atoms with Crippen molar-refractivity contribution in [1.82, 2.24) is 9.62 Å². The third-order valence-electron chi connectivity index (χ3n) is 6.02. The van der Waals surface area contributed by atoms with Crippen molar-refractivity contribution in [2.24, 2.45) is 0 Å². The van der Waals surface area contributed by atoms with Crippen LogP contribution in [0.3, 0.4) is 0 Å². The fraction of sp³-hybridized carbons (Fsp3) is 0.320. The van der Waals surface area contributed by atoms with Crippen LogP contribution in [0.5, 0.6) is 0 Å². The number of anilines is 1. The molecular weight excluding hydrogens is 422 g/mol. The van der Waals surface area contributed by atoms with Gasteiger partial charge in [0.2, 0.25) is 0 Å². The Hall–Kier alpha value is -2.90. The van der Waals surface area contributed by atoms with Gasteiger partial charge < -0.3 is 5.32 Å². The quantitative estimate of drug-likeness (QED) is 0.566. The van der Waals surface area contributed by atoms with Crippen LogP contribution in [0.1, 0.15) is 53.7 Å². The van der Waals surface area contributed by atoms with Gasteiger partial charge in [-0.2, -0.15) is 12.7 Å². The molecule has 1 fully saturated rings. The zero-order valence-electron chi connectivity index (χ0n) is 18.5. The van der Waals surface area contributed by atoms with Crippen LogP contribution in [-0.2, 0) is 10.2 Å². The summed E-state index contributed by atoms with van der Waals surface area (Å²) in [6.45, 7) is 4.85. The maximum absolute atomic E-state index is 13.1. The largest absolute Gasteiger partial charge is 0.345 e. The molecule has 168 valence electrons. The number of amides is 1. The maximum atomic E-state index is 13.1. The number of nitrogens with zero attached hydrogens (tertiary/aromatic N) is 1. The second kappa shape index (κ2) is 9.30. The molecule has 1 amide bonds. The van der Waals surface area contributed by atoms with E-state index in [9.17, 15) is 13.2 Å². The van der Waals surface area contributed by atoms with E-state index in [1.807, 2.05) is 38.1 Å². The summed E-state index contributed by atoms with van der Waals surface area (Å²) in [5.74, 6) is -0.234. The van der Waals surface area contributed by atoms with Crippen molar-refractivity contribution >= 4 is 32.6 Å². The summed E-state index contributed by atoms with van der Waals surface area (Å²) in [6, 6.07) is 19.0. The second-order valence-electron chi connectivity index (χ2n) is 8.36. The molecule has 1 aliphatic rings. The first kappa shape index (κ1) is 22.3. The van der Waals surface area contributed by atoms with Crippen LogP contribution < -0.4 is 10.0 Å². The standard InChI is InChI=1S/C25H29N3O3S/c1-18-13-14-21(27-32(30,31)28-15-6-3-7-16-28)17-24(18)25(29)26-19(2)22-12-8-10-20-9-4-5-11-23(20)22/h4-5,8-14,17,19,27H,3,6-7,15-16H2,1-2H3,(H,26,29)/t19-/m1/s1. The molecule has 0 unspecified atom stereocenters. The summed E-state index contributed by atoms with van der Waals surface area (Å²) in [6.07, 6.45) is 2.79. The molecule has 4 rings (SSSR count). The minimum absolute atomic E-state index is 0.207. The van der Waals surface area contributed by atoms with E-state index in [4.69, 9.17) is 0 Å². The molecule has 0 aromatic heterocycles. The Balaban J connectivity index is 1.53. The molecule has 0 bridgehead atoms. The number of carbonyl (C=O) groups is 1. The molecule has 6 nitrogen and oxygen atoms in total. The average molecular weight is 452 g/mol. The van der Waals surface area contributed by atoms with Gasteiger partial charge in [-0.1, -0.05) is 55.0 Å². The van der Waals surface area contributed by atoms with E-state index in [2.05, 4.69) is 28.2 Å². The van der Waals surface area contributed by atoms with Crippen LogP contribution in [0.4, 0.5) is 5.69 Å². The van der Waals surface area contributed by atoms with Crippen LogP contribution in [0.15, 0.2) is 60.7 Å². The van der Waals surface area contributed by atoms with E-state index in [0.29, 0.717) is 24.3 Å². The van der Waals surface area contributed by atoms with Gasteiger partial charge in [-0.05, 0) is 60.7 Å². The van der Waals surface area contributed by atoms with Crippen molar-refractivity contribution in [1.29, 1.82) is 0 Å². The van der Waals surface area contributed by atoms with E-state index < -0.39 is 10.2 Å². The average Bonchev–Trinajstić information content (AvgIpc) is 2.80. The zero-order chi connectivity index (χ0) is 22.7. The summed E-state index contributed by atoms with van der Waals surface area (Å²) in [4.78, 5) is 13.1. The van der Waals surface area contributed by atoms with Crippen molar-refractivity contribution < 1.29 is 13.2 Å². The molecule has 1 saturated heterocycles. The Bertz CT molecular complexity index is 1230. The fourth-order valence-electron chi connectivity index (χ4n) is 4.23. The molecule has 1 heterocycles. The van der Waals surface area contributed by atoms with E-state index >= 15 is 0 Å². The minimum atomic E-state index is -3.63. The van der Waals surface area contributed by atoms with Gasteiger partial charge in [0.15, 0.2) is 0 Å². The molecule has 1 atom stereocenters. The number of nitrogens with one attached hydrogen (secondary N) is 2. The summed E-state index contributed by atoms with van der Waals surface area (Å²) in [5, 5.41) is 5.29. The van der Waals surface area contributed by atoms with Crippen molar-refractivity contribution in [2.45, 2.75) is 39.2 Å². The first-order valence-electron chi connectivity index (χ1n) is 11.0. The highest BCUT2D eigenvalue weighted by Crippen LogP contribution is 2.25. The normalized spacial score (nSPS) is 15.9. The predicted octanol–water partition coefficient (Wildman–Crippen LogP) is 4.78. The number of rotatable bonds is 6. The van der Waals surface area contributed by atoms with Gasteiger partial charge in [-0.15, -0.1) is 0 Å². The topological polar surface area (TPSA) is 78.5 Å². The van der Waals surface area contributed by atoms with Crippen molar-refractivity contribution in [2.75, 3.05) is 17.8 Å². The van der Waals surface area contributed by atoms with Gasteiger partial charge in [-0.3, -0.25) is 9.52 Å². The van der Waals surface area contributed by atoms with Gasteiger partial charge in [-0.25, -0.2) is 0 Å². The van der Waals surface area contributed by atoms with Gasteiger partial charge in [0, 0.05) is 18.7 Å². The monoisotopic (exact) mass is 451 g/mol. The lowest BCUT2D eigenvalue weighted by atomic mass is 9.99. The molecule has 2 N–H and O–H groups in total. The zero-order valence-corrected chi connectivity index (χ0v) is 19.3. The van der Waals surface area contributed by atoms with Crippen LogP contribution in [0.2, 0.25) is 0 Å². The van der Waals surface area contributed by atoms with Crippen LogP contribution in [0, 0.1) is 6.92 Å². The van der Waals surface area contributed by atoms with E-state index in [1.54, 1.807) is 18.2 Å². The number of hydrogen-bond donors (Lipinski definition) is 2. The lowest BCUT2D eigenvalue weighted by molar-refractivity contribution is 0.0939. The summed E-state index contributed by atoms with van der Waals surface area (Å²) in [7, 11) is -3.63. The number of aryl methyl sites for hydroxylation is 1. The number of piperidine rings is 1. The van der Waals surface area contributed by atoms with E-state index in [-0.39, 0.29) is 11.9 Å². The Morgan fingerprint density at radius 3 is 2.47 bits per heavy atom. The summed E-state index contributed by atoms with van der Waals surface area (Å²) < 4.78 is 29.6. The summed E-state index contributed by atoms with van der Waals surface area (Å²) >= 11 is 0. The molecule has 0 aliphatic carbocycles. The first-order chi connectivity index (χ1) is 15.3. The fourth-order valence-corrected chi connectivity index (χ4v) is 5.52. The highest BCUT2D eigenvalue weighted by molar-refractivity contribution is 7.90. The first-order valence-corrected chi connectivity index (χ1v) is 12.5. The van der Waals surface area contributed by atoms with Gasteiger partial charge >= 0.3 is 10.2 Å². The summed E-state index contributed by atoms with van der Waals surface area (Å²) in [5.41, 5.74) is 2.67. The third-order valence-corrected chi connectivity index (χ3v) is 7.56. The molecule has 0 radical (unpaired) electrons. The molecule has 0 saturated carbocycles. The Kier molecular flexibility index (Phi) is 6.48. The SMILES string of the molecule is Cc1ccc(NS(=O)(=O)N2CCCCC2)cc1C(=O)N[C@H](C)c1cccc2ccccc12. The van der Waals surface area contributed by atoms with Gasteiger partial charge in [0.05, 0.1) is 11.7 Å². The highest BCUT2D eigenvalue weighted by Gasteiger charge is 2.24. The van der Waals surface area contributed by atoms with E-state index in [1.165, 1.54) is 4.31 Å². The third kappa shape index (κ3) is 4.79. The smallest absolute Gasteiger partial charge is 0.301 e. The van der Waals surface area contributed by atoms with Gasteiger partial charge in [0.1, 0.15) is 0 Å². The molecule has 3 aromatic rings. The number of hydrogen-bond acceptors (Lipinski definition) is 3. The lowest BCUT2D eigenvalue weighted by Gasteiger charge is -2.26. The number of benzene rings is 3. The lowest BCUT2D eigenvalue weighted by Crippen LogP contribution is -2.39. The van der Waals surface area contributed by atoms with Crippen LogP contribution >= 0.6 is 0 Å². The number of carbonyl (C=O) groups excluding carboxylic acids is 1. The molecule has 0 spiro atoms. The van der Waals surface area contributed by atoms with Crippen LogP contribution in [-0.4, -0.2) is 31.7 Å². The van der Waals surface area contributed by atoms with Gasteiger partial charge in [0.25, 0.3) is 5.91 Å². The Morgan fingerprint density at radius 2 is 1.69 bits per heavy atom. The van der Waals surface area contributed by atoms with E-state index in [0.717, 1.165) is 41.2 Å².